The van der Waals surface area contributed by atoms with E-state index in [4.69, 9.17) is 0 Å². The average molecular weight is 373 g/mol. The van der Waals surface area contributed by atoms with Crippen molar-refractivity contribution in [3.63, 3.8) is 0 Å². The molecule has 2 aromatic carbocycles. The molecule has 1 heterocycles. The summed E-state index contributed by atoms with van der Waals surface area (Å²) >= 11 is 0. The summed E-state index contributed by atoms with van der Waals surface area (Å²) < 4.78 is 2.74. The minimum atomic E-state index is -1.81. The van der Waals surface area contributed by atoms with Crippen molar-refractivity contribution in [2.24, 2.45) is 17.8 Å². The van der Waals surface area contributed by atoms with Gasteiger partial charge in [-0.2, -0.15) is 0 Å². The van der Waals surface area contributed by atoms with Gasteiger partial charge in [-0.1, -0.05) is 68.6 Å². The molecule has 3 aliphatic rings. The van der Waals surface area contributed by atoms with Crippen molar-refractivity contribution in [2.75, 3.05) is 9.88 Å². The van der Waals surface area contributed by atoms with E-state index in [1.807, 2.05) is 0 Å². The van der Waals surface area contributed by atoms with Gasteiger partial charge in [-0.25, -0.2) is 0 Å². The second kappa shape index (κ2) is 6.13. The summed E-state index contributed by atoms with van der Waals surface area (Å²) in [5, 5.41) is 3.65. The third-order valence-corrected chi connectivity index (χ3v) is 11.1. The number of hydrogen-bond acceptors (Lipinski definition) is 2. The molecule has 4 atom stereocenters. The van der Waals surface area contributed by atoms with E-state index in [0.29, 0.717) is 11.8 Å². The molecule has 0 aromatic heterocycles. The predicted octanol–water partition coefficient (Wildman–Crippen LogP) is 6.86. The summed E-state index contributed by atoms with van der Waals surface area (Å²) in [6.45, 7) is 7.61. The van der Waals surface area contributed by atoms with Crippen molar-refractivity contribution in [1.29, 1.82) is 0 Å². The lowest BCUT2D eigenvalue weighted by atomic mass is 9.87. The van der Waals surface area contributed by atoms with Crippen molar-refractivity contribution in [3.8, 4) is 0 Å². The molecule has 0 bridgehead atoms. The van der Waals surface area contributed by atoms with Crippen LogP contribution >= 0.6 is 0 Å². The minimum absolute atomic E-state index is 0.681. The van der Waals surface area contributed by atoms with E-state index in [2.05, 4.69) is 103 Å². The van der Waals surface area contributed by atoms with Crippen LogP contribution in [0.25, 0.3) is 0 Å². The Kier molecular flexibility index (Phi) is 3.83. The first-order chi connectivity index (χ1) is 13.1. The number of fused-ring (bicyclic) bond motifs is 3. The first-order valence-electron chi connectivity index (χ1n) is 10.2. The van der Waals surface area contributed by atoms with Crippen molar-refractivity contribution in [2.45, 2.75) is 32.0 Å². The molecular weight excluding hydrogens is 344 g/mol. The zero-order valence-electron chi connectivity index (χ0n) is 16.4. The minimum Gasteiger partial charge on any atom is -0.366 e. The molecule has 1 saturated carbocycles. The quantitative estimate of drug-likeness (QED) is 0.580. The molecule has 0 saturated heterocycles. The Morgan fingerprint density at radius 3 is 2.04 bits per heavy atom. The maximum atomic E-state index is 3.65. The molecule has 2 nitrogen and oxygen atoms in total. The normalized spacial score (nSPS) is 28.3. The molecule has 0 spiro atoms. The van der Waals surface area contributed by atoms with Gasteiger partial charge in [0.15, 0.2) is 8.24 Å². The van der Waals surface area contributed by atoms with Gasteiger partial charge in [0.2, 0.25) is 0 Å². The Morgan fingerprint density at radius 2 is 1.41 bits per heavy atom. The summed E-state index contributed by atoms with van der Waals surface area (Å²) in [4.78, 5) is 0. The number of rotatable bonds is 2. The molecule has 1 fully saturated rings. The lowest BCUT2D eigenvalue weighted by Gasteiger charge is -2.48. The van der Waals surface area contributed by atoms with Gasteiger partial charge in [0.1, 0.15) is 0 Å². The van der Waals surface area contributed by atoms with Gasteiger partial charge >= 0.3 is 0 Å². The Bertz CT molecular complexity index is 884. The molecule has 1 aliphatic heterocycles. The van der Waals surface area contributed by atoms with Crippen molar-refractivity contribution < 1.29 is 0 Å². The van der Waals surface area contributed by atoms with Gasteiger partial charge < -0.3 is 9.88 Å². The summed E-state index contributed by atoms with van der Waals surface area (Å²) in [7, 11) is -1.81. The van der Waals surface area contributed by atoms with Crippen LogP contribution in [-0.4, -0.2) is 8.24 Å². The molecule has 0 radical (unpaired) electrons. The van der Waals surface area contributed by atoms with E-state index in [0.717, 1.165) is 11.5 Å². The van der Waals surface area contributed by atoms with Crippen molar-refractivity contribution >= 4 is 31.0 Å². The van der Waals surface area contributed by atoms with Gasteiger partial charge in [0.05, 0.1) is 22.7 Å². The summed E-state index contributed by atoms with van der Waals surface area (Å²) in [6, 6.07) is 17.6. The first-order valence-corrected chi connectivity index (χ1v) is 13.2. The zero-order chi connectivity index (χ0) is 18.6. The first kappa shape index (κ1) is 16.9. The Hall–Kier alpha value is -2.26. The van der Waals surface area contributed by atoms with Crippen LogP contribution in [0.1, 0.15) is 13.3 Å². The molecule has 1 N–H and O–H groups in total. The number of para-hydroxylation sites is 4. The van der Waals surface area contributed by atoms with Crippen molar-refractivity contribution in [1.82, 2.24) is 0 Å². The topological polar surface area (TPSA) is 15.3 Å². The van der Waals surface area contributed by atoms with Crippen LogP contribution in [0.15, 0.2) is 72.8 Å². The molecular formula is C24H28N2Si. The Morgan fingerprint density at radius 1 is 0.852 bits per heavy atom. The number of anilines is 4. The van der Waals surface area contributed by atoms with E-state index in [-0.39, 0.29) is 0 Å². The van der Waals surface area contributed by atoms with Crippen LogP contribution in [-0.2, 0) is 0 Å². The molecule has 27 heavy (non-hydrogen) atoms. The molecule has 138 valence electrons. The van der Waals surface area contributed by atoms with Crippen LogP contribution in [0.3, 0.4) is 0 Å². The highest BCUT2D eigenvalue weighted by Crippen LogP contribution is 2.56. The van der Waals surface area contributed by atoms with Gasteiger partial charge in [0.25, 0.3) is 0 Å². The number of allylic oxidation sites excluding steroid dienone is 4. The second-order valence-electron chi connectivity index (χ2n) is 8.89. The largest absolute Gasteiger partial charge is 0.366 e. The fourth-order valence-corrected chi connectivity index (χ4v) is 9.88. The van der Waals surface area contributed by atoms with E-state index in [9.17, 15) is 0 Å². The molecule has 1 unspecified atom stereocenters. The number of nitrogens with one attached hydrogen (secondary N) is 1. The predicted molar refractivity (Wildman–Crippen MR) is 119 cm³/mol. The Labute approximate surface area is 163 Å². The fraction of sp³-hybridized carbons (Fsp3) is 0.333. The summed E-state index contributed by atoms with van der Waals surface area (Å²) in [6.07, 6.45) is 10.8. The van der Waals surface area contributed by atoms with E-state index >= 15 is 0 Å². The van der Waals surface area contributed by atoms with Crippen LogP contribution in [0.2, 0.25) is 18.6 Å². The SMILES string of the molecule is C[C@H]1CC([Si](C)(C)N2c3ccccc3Nc3ccccc32)[C@H]2C=CC=C[C@H]21. The zero-order valence-corrected chi connectivity index (χ0v) is 17.4. The number of benzene rings is 2. The van der Waals surface area contributed by atoms with Crippen LogP contribution in [0, 0.1) is 17.8 Å². The standard InChI is InChI=1S/C24H28N2Si/c1-17-16-24(19-11-5-4-10-18(17)19)27(2,3)26-22-14-8-6-12-20(22)25-21-13-7-9-15-23(21)26/h4-15,17-19,24-25H,16H2,1-3H3/t17-,18-,19-,24?/m0/s1. The lowest BCUT2D eigenvalue weighted by Crippen LogP contribution is -2.52. The third kappa shape index (κ3) is 2.52. The number of nitrogens with zero attached hydrogens (tertiary/aromatic N) is 1. The Balaban J connectivity index is 1.63. The monoisotopic (exact) mass is 372 g/mol. The van der Waals surface area contributed by atoms with Crippen molar-refractivity contribution in [3.05, 3.63) is 72.8 Å². The molecule has 0 amide bonds. The van der Waals surface area contributed by atoms with E-state index < -0.39 is 8.24 Å². The van der Waals surface area contributed by atoms with E-state index in [1.54, 1.807) is 0 Å². The number of hydrogen-bond donors (Lipinski definition) is 1. The summed E-state index contributed by atoms with van der Waals surface area (Å²) in [5.41, 5.74) is 5.91. The van der Waals surface area contributed by atoms with Crippen LogP contribution < -0.4 is 9.88 Å². The molecule has 3 heteroatoms. The third-order valence-electron chi connectivity index (χ3n) is 7.01. The maximum absolute atomic E-state index is 3.65. The van der Waals surface area contributed by atoms with Gasteiger partial charge in [-0.3, -0.25) is 0 Å². The van der Waals surface area contributed by atoms with Gasteiger partial charge in [-0.15, -0.1) is 0 Å². The highest BCUT2D eigenvalue weighted by Gasteiger charge is 2.51. The van der Waals surface area contributed by atoms with Gasteiger partial charge in [-0.05, 0) is 54.0 Å². The second-order valence-corrected chi connectivity index (χ2v) is 13.4. The molecule has 2 aromatic rings. The van der Waals surface area contributed by atoms with Crippen LogP contribution in [0.4, 0.5) is 22.7 Å². The van der Waals surface area contributed by atoms with E-state index in [1.165, 1.54) is 29.2 Å². The maximum Gasteiger partial charge on any atom is 0.160 e. The highest BCUT2D eigenvalue weighted by molar-refractivity contribution is 6.84. The molecule has 5 rings (SSSR count). The van der Waals surface area contributed by atoms with Gasteiger partial charge in [0, 0.05) is 0 Å². The fourth-order valence-electron chi connectivity index (χ4n) is 5.70. The molecule has 2 aliphatic carbocycles. The summed E-state index contributed by atoms with van der Waals surface area (Å²) in [5.74, 6) is 2.16. The highest BCUT2D eigenvalue weighted by atomic mass is 28.3. The van der Waals surface area contributed by atoms with Crippen LogP contribution in [0.5, 0.6) is 0 Å². The lowest BCUT2D eigenvalue weighted by molar-refractivity contribution is 0.450. The average Bonchev–Trinajstić information content (AvgIpc) is 3.04. The smallest absolute Gasteiger partial charge is 0.160 e.